The molecule has 19 heavy (non-hydrogen) atoms. The van der Waals surface area contributed by atoms with Crippen LogP contribution in [0.25, 0.3) is 0 Å². The highest BCUT2D eigenvalue weighted by molar-refractivity contribution is 4.86. The normalized spacial score (nSPS) is 27.5. The number of rotatable bonds is 6. The lowest BCUT2D eigenvalue weighted by molar-refractivity contribution is 0.0228. The maximum atomic E-state index is 10.3. The molecule has 1 aliphatic rings. The summed E-state index contributed by atoms with van der Waals surface area (Å²) in [6.45, 7) is 15.4. The van der Waals surface area contributed by atoms with Crippen molar-refractivity contribution in [3.05, 3.63) is 0 Å². The van der Waals surface area contributed by atoms with Crippen LogP contribution in [0.1, 0.15) is 53.9 Å². The molecular weight excluding hydrogens is 236 g/mol. The van der Waals surface area contributed by atoms with Gasteiger partial charge in [0.1, 0.15) is 0 Å². The van der Waals surface area contributed by atoms with Crippen LogP contribution in [-0.2, 0) is 0 Å². The van der Waals surface area contributed by atoms with Gasteiger partial charge in [0.25, 0.3) is 0 Å². The van der Waals surface area contributed by atoms with Gasteiger partial charge in [-0.1, -0.05) is 34.6 Å². The van der Waals surface area contributed by atoms with Crippen molar-refractivity contribution < 1.29 is 5.11 Å². The largest absolute Gasteiger partial charge is 0.393 e. The van der Waals surface area contributed by atoms with Crippen LogP contribution in [0.2, 0.25) is 0 Å². The molecular formula is C16H34N2O. The first kappa shape index (κ1) is 16.9. The van der Waals surface area contributed by atoms with Crippen LogP contribution in [0.4, 0.5) is 0 Å². The average Bonchev–Trinajstić information content (AvgIpc) is 2.34. The number of likely N-dealkylation sites (tertiary alicyclic amines) is 1. The van der Waals surface area contributed by atoms with Gasteiger partial charge >= 0.3 is 0 Å². The summed E-state index contributed by atoms with van der Waals surface area (Å²) in [5.41, 5.74) is 0.000829. The molecule has 2 N–H and O–H groups in total. The first-order valence-electron chi connectivity index (χ1n) is 8.00. The Balaban J connectivity index is 2.52. The van der Waals surface area contributed by atoms with E-state index in [1.807, 2.05) is 0 Å². The number of hydrogen-bond donors (Lipinski definition) is 2. The molecule has 3 atom stereocenters. The number of hydrogen-bond acceptors (Lipinski definition) is 3. The lowest BCUT2D eigenvalue weighted by atomic mass is 9.80. The molecule has 1 rings (SSSR count). The summed E-state index contributed by atoms with van der Waals surface area (Å²) in [6, 6.07) is 0.603. The first-order valence-corrected chi connectivity index (χ1v) is 8.00. The summed E-state index contributed by atoms with van der Waals surface area (Å²) in [5.74, 6) is 0.622. The number of nitrogens with one attached hydrogen (secondary N) is 1. The predicted octanol–water partition coefficient (Wildman–Crippen LogP) is 2.49. The summed E-state index contributed by atoms with van der Waals surface area (Å²) in [5, 5.41) is 14.0. The molecule has 0 saturated carbocycles. The Bertz CT molecular complexity index is 250. The molecule has 1 fully saturated rings. The zero-order valence-corrected chi connectivity index (χ0v) is 13.6. The maximum Gasteiger partial charge on any atom is 0.0591 e. The third-order valence-electron chi connectivity index (χ3n) is 4.30. The molecule has 1 saturated heterocycles. The molecule has 1 aliphatic heterocycles. The van der Waals surface area contributed by atoms with Gasteiger partial charge < -0.3 is 15.3 Å². The maximum absolute atomic E-state index is 10.3. The molecule has 0 bridgehead atoms. The molecule has 3 unspecified atom stereocenters. The van der Waals surface area contributed by atoms with E-state index in [0.29, 0.717) is 12.0 Å². The molecule has 0 amide bonds. The van der Waals surface area contributed by atoms with E-state index in [1.165, 1.54) is 19.4 Å². The summed E-state index contributed by atoms with van der Waals surface area (Å²) in [6.07, 6.45) is 3.15. The molecule has 0 radical (unpaired) electrons. The molecule has 0 aromatic carbocycles. The van der Waals surface area contributed by atoms with Crippen LogP contribution in [0.5, 0.6) is 0 Å². The van der Waals surface area contributed by atoms with Gasteiger partial charge in [0, 0.05) is 19.1 Å². The zero-order valence-electron chi connectivity index (χ0n) is 13.6. The van der Waals surface area contributed by atoms with Crippen LogP contribution in [0.15, 0.2) is 0 Å². The molecule has 0 aromatic rings. The van der Waals surface area contributed by atoms with Gasteiger partial charge in [-0.25, -0.2) is 0 Å². The minimum absolute atomic E-state index is 0.000829. The molecule has 3 heteroatoms. The third kappa shape index (κ3) is 5.80. The number of likely N-dealkylation sites (N-methyl/N-ethyl adjacent to an activating group) is 1. The predicted molar refractivity (Wildman–Crippen MR) is 82.4 cm³/mol. The van der Waals surface area contributed by atoms with Gasteiger partial charge in [0.2, 0.25) is 0 Å². The highest BCUT2D eigenvalue weighted by atomic mass is 16.3. The van der Waals surface area contributed by atoms with Crippen molar-refractivity contribution in [2.24, 2.45) is 11.3 Å². The second-order valence-corrected chi connectivity index (χ2v) is 7.22. The topological polar surface area (TPSA) is 35.5 Å². The van der Waals surface area contributed by atoms with Gasteiger partial charge in [0.15, 0.2) is 0 Å². The first-order chi connectivity index (χ1) is 8.86. The van der Waals surface area contributed by atoms with E-state index >= 15 is 0 Å². The fourth-order valence-electron chi connectivity index (χ4n) is 2.90. The second kappa shape index (κ2) is 7.61. The van der Waals surface area contributed by atoms with Crippen LogP contribution >= 0.6 is 0 Å². The zero-order chi connectivity index (χ0) is 14.5. The van der Waals surface area contributed by atoms with Crippen LogP contribution in [0, 0.1) is 11.3 Å². The van der Waals surface area contributed by atoms with E-state index in [2.05, 4.69) is 44.8 Å². The molecule has 0 aliphatic carbocycles. The van der Waals surface area contributed by atoms with Crippen molar-refractivity contribution in [3.8, 4) is 0 Å². The van der Waals surface area contributed by atoms with Gasteiger partial charge in [-0.2, -0.15) is 0 Å². The molecule has 0 aromatic heterocycles. The van der Waals surface area contributed by atoms with Crippen LogP contribution in [-0.4, -0.2) is 48.3 Å². The van der Waals surface area contributed by atoms with Crippen molar-refractivity contribution in [2.45, 2.75) is 66.0 Å². The second-order valence-electron chi connectivity index (χ2n) is 7.22. The van der Waals surface area contributed by atoms with Gasteiger partial charge in [-0.3, -0.25) is 0 Å². The monoisotopic (exact) mass is 270 g/mol. The Morgan fingerprint density at radius 1 is 1.26 bits per heavy atom. The Labute approximate surface area is 119 Å². The molecule has 0 spiro atoms. The quantitative estimate of drug-likeness (QED) is 0.778. The van der Waals surface area contributed by atoms with E-state index in [4.69, 9.17) is 0 Å². The van der Waals surface area contributed by atoms with Crippen molar-refractivity contribution in [2.75, 3.05) is 26.2 Å². The van der Waals surface area contributed by atoms with Gasteiger partial charge in [0.05, 0.1) is 6.10 Å². The summed E-state index contributed by atoms with van der Waals surface area (Å²) in [4.78, 5) is 2.52. The number of aliphatic hydroxyl groups is 1. The number of piperidine rings is 1. The smallest absolute Gasteiger partial charge is 0.0591 e. The van der Waals surface area contributed by atoms with Gasteiger partial charge in [-0.05, 0) is 43.7 Å². The molecule has 114 valence electrons. The Morgan fingerprint density at radius 2 is 1.95 bits per heavy atom. The average molecular weight is 270 g/mol. The lowest BCUT2D eigenvalue weighted by Crippen LogP contribution is -2.50. The van der Waals surface area contributed by atoms with E-state index < -0.39 is 0 Å². The number of aliphatic hydroxyl groups excluding tert-OH is 1. The standard InChI is InChI=1S/C16H34N2O/c1-6-8-17-14-9-13(11-18(7-2)12-14)10-15(19)16(3,4)5/h13-15,17,19H,6-12H2,1-5H3. The van der Waals surface area contributed by atoms with Crippen molar-refractivity contribution >= 4 is 0 Å². The van der Waals surface area contributed by atoms with Crippen LogP contribution < -0.4 is 5.32 Å². The van der Waals surface area contributed by atoms with Crippen LogP contribution in [0.3, 0.4) is 0 Å². The minimum atomic E-state index is -0.193. The van der Waals surface area contributed by atoms with E-state index in [-0.39, 0.29) is 11.5 Å². The Kier molecular flexibility index (Phi) is 6.78. The van der Waals surface area contributed by atoms with E-state index in [9.17, 15) is 5.11 Å². The SMILES string of the molecule is CCCNC1CC(CC(O)C(C)(C)C)CN(CC)C1. The highest BCUT2D eigenvalue weighted by Gasteiger charge is 2.31. The third-order valence-corrected chi connectivity index (χ3v) is 4.30. The summed E-state index contributed by atoms with van der Waals surface area (Å²) < 4.78 is 0. The Morgan fingerprint density at radius 3 is 2.47 bits per heavy atom. The minimum Gasteiger partial charge on any atom is -0.393 e. The fraction of sp³-hybridized carbons (Fsp3) is 1.00. The fourth-order valence-corrected chi connectivity index (χ4v) is 2.90. The number of nitrogens with zero attached hydrogens (tertiary/aromatic N) is 1. The van der Waals surface area contributed by atoms with Crippen molar-refractivity contribution in [3.63, 3.8) is 0 Å². The van der Waals surface area contributed by atoms with E-state index in [1.54, 1.807) is 0 Å². The highest BCUT2D eigenvalue weighted by Crippen LogP contribution is 2.28. The van der Waals surface area contributed by atoms with Crippen molar-refractivity contribution in [1.29, 1.82) is 0 Å². The lowest BCUT2D eigenvalue weighted by Gasteiger charge is -2.40. The van der Waals surface area contributed by atoms with Crippen molar-refractivity contribution in [1.82, 2.24) is 10.2 Å². The van der Waals surface area contributed by atoms with E-state index in [0.717, 1.165) is 26.1 Å². The molecule has 1 heterocycles. The Hall–Kier alpha value is -0.120. The van der Waals surface area contributed by atoms with Gasteiger partial charge in [-0.15, -0.1) is 0 Å². The molecule has 3 nitrogen and oxygen atoms in total. The summed E-state index contributed by atoms with van der Waals surface area (Å²) in [7, 11) is 0. The summed E-state index contributed by atoms with van der Waals surface area (Å²) >= 11 is 0.